The van der Waals surface area contributed by atoms with Crippen molar-refractivity contribution in [1.82, 2.24) is 0 Å². The third kappa shape index (κ3) is 6.36. The quantitative estimate of drug-likeness (QED) is 0.218. The fourth-order valence-corrected chi connectivity index (χ4v) is 5.74. The number of hydrogen-bond donors (Lipinski definition) is 0. The number of carbonyl (C=O) groups excluding carboxylic acids is 1. The van der Waals surface area contributed by atoms with E-state index in [1.807, 2.05) is 0 Å². The highest BCUT2D eigenvalue weighted by Crippen LogP contribution is 2.36. The summed E-state index contributed by atoms with van der Waals surface area (Å²) in [5, 5.41) is 0. The number of aldehydes is 1. The first-order valence-corrected chi connectivity index (χ1v) is 14.2. The first-order chi connectivity index (χ1) is 18.7. The van der Waals surface area contributed by atoms with Gasteiger partial charge in [-0.3, -0.25) is 0 Å². The van der Waals surface area contributed by atoms with Crippen LogP contribution >= 0.6 is 0 Å². The summed E-state index contributed by atoms with van der Waals surface area (Å²) < 4.78 is 11.9. The van der Waals surface area contributed by atoms with Crippen LogP contribution in [0.15, 0.2) is 78.9 Å². The normalized spacial score (nSPS) is 19.1. The number of benzene rings is 3. The second kappa shape index (κ2) is 12.9. The van der Waals surface area contributed by atoms with E-state index >= 15 is 0 Å². The zero-order valence-electron chi connectivity index (χ0n) is 22.5. The molecule has 198 valence electrons. The van der Waals surface area contributed by atoms with Gasteiger partial charge in [-0.15, -0.1) is 0 Å². The lowest BCUT2D eigenvalue weighted by atomic mass is 9.88. The molecule has 4 nitrogen and oxygen atoms in total. The van der Waals surface area contributed by atoms with Crippen molar-refractivity contribution in [1.29, 1.82) is 0 Å². The molecule has 0 aliphatic carbocycles. The van der Waals surface area contributed by atoms with E-state index < -0.39 is 0 Å². The molecular formula is C34H39NO3. The summed E-state index contributed by atoms with van der Waals surface area (Å²) in [4.78, 5) is 13.4. The number of nitrogens with zero attached hydrogens (tertiary/aromatic N) is 1. The van der Waals surface area contributed by atoms with Crippen molar-refractivity contribution in [2.24, 2.45) is 5.92 Å². The minimum Gasteiger partial charge on any atom is -0.465 e. The molecule has 2 aliphatic heterocycles. The van der Waals surface area contributed by atoms with E-state index in [1.165, 1.54) is 33.5 Å². The molecule has 2 aliphatic rings. The van der Waals surface area contributed by atoms with Crippen LogP contribution in [0.25, 0.3) is 11.1 Å². The number of anilines is 1. The number of ether oxygens (including phenoxy) is 2. The SMILES string of the molecule is CCC(=C(c1ccc(OC2CCCCO2)cc1)c1ccc(N2CCC(CC=O)CC2)cc1)c1ccccc1. The van der Waals surface area contributed by atoms with E-state index in [2.05, 4.69) is 90.7 Å². The highest BCUT2D eigenvalue weighted by atomic mass is 16.7. The van der Waals surface area contributed by atoms with Crippen LogP contribution in [0.1, 0.15) is 68.6 Å². The lowest BCUT2D eigenvalue weighted by molar-refractivity contribution is -0.108. The van der Waals surface area contributed by atoms with Crippen molar-refractivity contribution >= 4 is 23.1 Å². The van der Waals surface area contributed by atoms with Gasteiger partial charge in [0.2, 0.25) is 0 Å². The van der Waals surface area contributed by atoms with E-state index in [9.17, 15) is 4.79 Å². The van der Waals surface area contributed by atoms with Crippen LogP contribution in [-0.4, -0.2) is 32.3 Å². The van der Waals surface area contributed by atoms with Gasteiger partial charge in [-0.2, -0.15) is 0 Å². The fourth-order valence-electron chi connectivity index (χ4n) is 5.74. The lowest BCUT2D eigenvalue weighted by Crippen LogP contribution is -2.33. The van der Waals surface area contributed by atoms with Gasteiger partial charge in [-0.25, -0.2) is 0 Å². The Morgan fingerprint density at radius 2 is 1.55 bits per heavy atom. The number of allylic oxidation sites excluding steroid dienone is 1. The minimum absolute atomic E-state index is 0.142. The van der Waals surface area contributed by atoms with Crippen molar-refractivity contribution in [2.75, 3.05) is 24.6 Å². The van der Waals surface area contributed by atoms with Gasteiger partial charge in [0.25, 0.3) is 0 Å². The molecule has 1 unspecified atom stereocenters. The Labute approximate surface area is 227 Å². The molecular weight excluding hydrogens is 470 g/mol. The van der Waals surface area contributed by atoms with Crippen LogP contribution in [0, 0.1) is 5.92 Å². The number of piperidine rings is 1. The predicted octanol–water partition coefficient (Wildman–Crippen LogP) is 7.77. The number of hydrogen-bond acceptors (Lipinski definition) is 4. The second-order valence-corrected chi connectivity index (χ2v) is 10.4. The molecule has 0 radical (unpaired) electrons. The van der Waals surface area contributed by atoms with Gasteiger partial charge in [-0.05, 0) is 90.1 Å². The molecule has 0 aromatic heterocycles. The summed E-state index contributed by atoms with van der Waals surface area (Å²) in [6, 6.07) is 28.2. The van der Waals surface area contributed by atoms with Crippen LogP contribution in [0.4, 0.5) is 5.69 Å². The van der Waals surface area contributed by atoms with Crippen molar-refractivity contribution < 1.29 is 14.3 Å². The van der Waals surface area contributed by atoms with Crippen LogP contribution in [0.2, 0.25) is 0 Å². The Hall–Kier alpha value is -3.37. The molecule has 5 rings (SSSR count). The Balaban J connectivity index is 1.43. The lowest BCUT2D eigenvalue weighted by Gasteiger charge is -2.33. The summed E-state index contributed by atoms with van der Waals surface area (Å²) >= 11 is 0. The molecule has 0 saturated carbocycles. The van der Waals surface area contributed by atoms with Crippen LogP contribution in [0.5, 0.6) is 5.75 Å². The van der Waals surface area contributed by atoms with E-state index in [-0.39, 0.29) is 6.29 Å². The monoisotopic (exact) mass is 509 g/mol. The van der Waals surface area contributed by atoms with Crippen molar-refractivity contribution in [3.63, 3.8) is 0 Å². The van der Waals surface area contributed by atoms with Crippen molar-refractivity contribution in [3.8, 4) is 5.75 Å². The van der Waals surface area contributed by atoms with Gasteiger partial charge in [0.15, 0.2) is 6.29 Å². The van der Waals surface area contributed by atoms with Gasteiger partial charge >= 0.3 is 0 Å². The first kappa shape index (κ1) is 26.2. The molecule has 0 N–H and O–H groups in total. The van der Waals surface area contributed by atoms with Crippen LogP contribution < -0.4 is 9.64 Å². The molecule has 0 amide bonds. The average Bonchev–Trinajstić information content (AvgIpc) is 2.98. The maximum Gasteiger partial charge on any atom is 0.199 e. The zero-order chi connectivity index (χ0) is 26.2. The van der Waals surface area contributed by atoms with Crippen LogP contribution in [-0.2, 0) is 9.53 Å². The molecule has 4 heteroatoms. The number of rotatable bonds is 9. The Bertz CT molecular complexity index is 1190. The molecule has 3 aromatic carbocycles. The summed E-state index contributed by atoms with van der Waals surface area (Å²) in [5.74, 6) is 1.39. The molecule has 2 heterocycles. The van der Waals surface area contributed by atoms with Gasteiger partial charge in [0.05, 0.1) is 6.61 Å². The Morgan fingerprint density at radius 3 is 2.16 bits per heavy atom. The Kier molecular flexibility index (Phi) is 8.93. The molecule has 0 spiro atoms. The minimum atomic E-state index is -0.142. The molecule has 0 bridgehead atoms. The topological polar surface area (TPSA) is 38.8 Å². The number of carbonyl (C=O) groups is 1. The van der Waals surface area contributed by atoms with Crippen LogP contribution in [0.3, 0.4) is 0 Å². The van der Waals surface area contributed by atoms with Gasteiger partial charge in [0, 0.05) is 31.6 Å². The summed E-state index contributed by atoms with van der Waals surface area (Å²) in [6.45, 7) is 5.03. The van der Waals surface area contributed by atoms with Gasteiger partial charge in [-0.1, -0.05) is 61.5 Å². The summed E-state index contributed by atoms with van der Waals surface area (Å²) in [7, 11) is 0. The smallest absolute Gasteiger partial charge is 0.199 e. The second-order valence-electron chi connectivity index (χ2n) is 10.4. The summed E-state index contributed by atoms with van der Waals surface area (Å²) in [5.41, 5.74) is 7.50. The molecule has 38 heavy (non-hydrogen) atoms. The third-order valence-corrected chi connectivity index (χ3v) is 7.89. The highest BCUT2D eigenvalue weighted by molar-refractivity contribution is 5.98. The van der Waals surface area contributed by atoms with Crippen molar-refractivity contribution in [2.45, 2.75) is 58.2 Å². The Morgan fingerprint density at radius 1 is 0.868 bits per heavy atom. The van der Waals surface area contributed by atoms with Gasteiger partial charge < -0.3 is 19.2 Å². The van der Waals surface area contributed by atoms with Crippen molar-refractivity contribution in [3.05, 3.63) is 95.6 Å². The van der Waals surface area contributed by atoms with E-state index in [1.54, 1.807) is 0 Å². The largest absolute Gasteiger partial charge is 0.465 e. The fraction of sp³-hybridized carbons (Fsp3) is 0.382. The first-order valence-electron chi connectivity index (χ1n) is 14.2. The van der Waals surface area contributed by atoms with E-state index in [0.29, 0.717) is 12.3 Å². The van der Waals surface area contributed by atoms with E-state index in [4.69, 9.17) is 9.47 Å². The molecule has 2 fully saturated rings. The summed E-state index contributed by atoms with van der Waals surface area (Å²) in [6.07, 6.45) is 7.93. The molecule has 1 atom stereocenters. The zero-order valence-corrected chi connectivity index (χ0v) is 22.5. The maximum atomic E-state index is 10.9. The highest BCUT2D eigenvalue weighted by Gasteiger charge is 2.20. The molecule has 2 saturated heterocycles. The molecule has 3 aromatic rings. The van der Waals surface area contributed by atoms with Gasteiger partial charge in [0.1, 0.15) is 12.0 Å². The standard InChI is InChI=1S/C34H39NO3/c1-2-32(27-8-4-3-5-9-27)34(29-13-17-31(18-14-29)38-33-10-6-7-25-37-33)28-11-15-30(16-12-28)35-22-19-26(20-23-35)21-24-36/h3-5,8-9,11-18,24,26,33H,2,6-7,10,19-23,25H2,1H3. The maximum absolute atomic E-state index is 10.9. The average molecular weight is 510 g/mol. The third-order valence-electron chi connectivity index (χ3n) is 7.89. The predicted molar refractivity (Wildman–Crippen MR) is 155 cm³/mol. The van der Waals surface area contributed by atoms with E-state index in [0.717, 1.165) is 70.3 Å².